The molecule has 1 aromatic heterocycles. The highest BCUT2D eigenvalue weighted by Crippen LogP contribution is 2.31. The number of hydrogen-bond donors (Lipinski definition) is 1. The lowest BCUT2D eigenvalue weighted by Crippen LogP contribution is -2.20. The highest BCUT2D eigenvalue weighted by Gasteiger charge is 2.12. The van der Waals surface area contributed by atoms with Crippen LogP contribution in [0, 0.1) is 11.3 Å². The highest BCUT2D eigenvalue weighted by molar-refractivity contribution is 6.09. The number of methoxy groups -OCH3 is 1. The van der Waals surface area contributed by atoms with Crippen LogP contribution < -0.4 is 14.8 Å². The van der Waals surface area contributed by atoms with Crippen molar-refractivity contribution in [2.75, 3.05) is 19.0 Å². The molecule has 0 spiro atoms. The van der Waals surface area contributed by atoms with Gasteiger partial charge in [0.05, 0.1) is 18.7 Å². The normalized spacial score (nSPS) is 10.7. The van der Waals surface area contributed by atoms with Crippen LogP contribution in [0.4, 0.5) is 5.69 Å². The Labute approximate surface area is 174 Å². The second-order valence-corrected chi connectivity index (χ2v) is 6.81. The molecule has 1 amide bonds. The highest BCUT2D eigenvalue weighted by atomic mass is 16.5. The van der Waals surface area contributed by atoms with E-state index in [1.54, 1.807) is 18.2 Å². The van der Waals surface area contributed by atoms with E-state index in [1.807, 2.05) is 36.4 Å². The number of fused-ring (bicyclic) bond motifs is 3. The van der Waals surface area contributed by atoms with E-state index < -0.39 is 0 Å². The van der Waals surface area contributed by atoms with Crippen LogP contribution in [0.3, 0.4) is 0 Å². The molecule has 4 aromatic rings. The monoisotopic (exact) mass is 399 g/mol. The lowest BCUT2D eigenvalue weighted by Gasteiger charge is -2.11. The Morgan fingerprint density at radius 2 is 1.83 bits per heavy atom. The van der Waals surface area contributed by atoms with Crippen LogP contribution in [0.5, 0.6) is 11.5 Å². The van der Waals surface area contributed by atoms with Crippen molar-refractivity contribution in [1.82, 2.24) is 4.57 Å². The Hall–Kier alpha value is -3.98. The summed E-state index contributed by atoms with van der Waals surface area (Å²) in [7, 11) is 1.49. The van der Waals surface area contributed by atoms with E-state index in [2.05, 4.69) is 28.9 Å². The number of rotatable bonds is 6. The minimum Gasteiger partial charge on any atom is -0.493 e. The fourth-order valence-electron chi connectivity index (χ4n) is 3.67. The average molecular weight is 399 g/mol. The number of nitrogens with zero attached hydrogens (tertiary/aromatic N) is 2. The smallest absolute Gasteiger partial charge is 0.262 e. The van der Waals surface area contributed by atoms with Crippen molar-refractivity contribution < 1.29 is 14.3 Å². The number of nitriles is 1. The number of ether oxygens (including phenoxy) is 2. The third-order valence-electron chi connectivity index (χ3n) is 5.02. The number of carbonyl (C=O) groups excluding carboxylic acids is 1. The lowest BCUT2D eigenvalue weighted by atomic mass is 10.1. The van der Waals surface area contributed by atoms with Gasteiger partial charge in [-0.05, 0) is 43.3 Å². The van der Waals surface area contributed by atoms with Crippen molar-refractivity contribution in [3.63, 3.8) is 0 Å². The fraction of sp³-hybridized carbons (Fsp3) is 0.167. The minimum absolute atomic E-state index is 0.170. The van der Waals surface area contributed by atoms with Crippen molar-refractivity contribution >= 4 is 33.4 Å². The molecule has 0 saturated carbocycles. The average Bonchev–Trinajstić information content (AvgIpc) is 3.10. The van der Waals surface area contributed by atoms with E-state index in [-0.39, 0.29) is 12.5 Å². The fourth-order valence-corrected chi connectivity index (χ4v) is 3.67. The number of aryl methyl sites for hydroxylation is 1. The maximum atomic E-state index is 12.4. The number of carbonyl (C=O) groups is 1. The van der Waals surface area contributed by atoms with Crippen LogP contribution in [-0.2, 0) is 11.3 Å². The first-order valence-corrected chi connectivity index (χ1v) is 9.66. The molecule has 6 nitrogen and oxygen atoms in total. The van der Waals surface area contributed by atoms with Crippen LogP contribution in [-0.4, -0.2) is 24.2 Å². The molecule has 1 heterocycles. The summed E-state index contributed by atoms with van der Waals surface area (Å²) < 4.78 is 13.1. The van der Waals surface area contributed by atoms with Crippen molar-refractivity contribution in [3.05, 3.63) is 66.2 Å². The van der Waals surface area contributed by atoms with Crippen LogP contribution in [0.2, 0.25) is 0 Å². The molecule has 0 aliphatic carbocycles. The van der Waals surface area contributed by atoms with Gasteiger partial charge in [-0.2, -0.15) is 5.26 Å². The quantitative estimate of drug-likeness (QED) is 0.509. The third kappa shape index (κ3) is 3.53. The number of anilines is 1. The standard InChI is InChI=1S/C24H21N3O3/c1-3-27-20-7-5-4-6-18(20)19-13-17(9-10-21(19)27)26-24(28)15-30-22-11-8-16(14-25)12-23(22)29-2/h4-13H,3,15H2,1-2H3,(H,26,28). The Balaban J connectivity index is 1.53. The number of aromatic nitrogens is 1. The summed E-state index contributed by atoms with van der Waals surface area (Å²) in [5, 5.41) is 14.1. The molecule has 30 heavy (non-hydrogen) atoms. The van der Waals surface area contributed by atoms with Crippen LogP contribution in [0.25, 0.3) is 21.8 Å². The molecule has 0 fully saturated rings. The molecule has 3 aromatic carbocycles. The maximum absolute atomic E-state index is 12.4. The first-order chi connectivity index (χ1) is 14.6. The summed E-state index contributed by atoms with van der Waals surface area (Å²) in [5.41, 5.74) is 3.48. The molecular formula is C24H21N3O3. The molecule has 0 aliphatic heterocycles. The first kappa shape index (κ1) is 19.3. The van der Waals surface area contributed by atoms with E-state index in [0.717, 1.165) is 22.8 Å². The number of benzene rings is 3. The molecule has 0 bridgehead atoms. The van der Waals surface area contributed by atoms with Gasteiger partial charge in [0.2, 0.25) is 0 Å². The second-order valence-electron chi connectivity index (χ2n) is 6.81. The van der Waals surface area contributed by atoms with Gasteiger partial charge in [0.25, 0.3) is 5.91 Å². The second kappa shape index (κ2) is 8.18. The van der Waals surface area contributed by atoms with Gasteiger partial charge in [0.15, 0.2) is 18.1 Å². The zero-order valence-electron chi connectivity index (χ0n) is 16.8. The van der Waals surface area contributed by atoms with Gasteiger partial charge >= 0.3 is 0 Å². The summed E-state index contributed by atoms with van der Waals surface area (Å²) in [6, 6.07) is 21.0. The zero-order valence-corrected chi connectivity index (χ0v) is 16.8. The van der Waals surface area contributed by atoms with E-state index in [0.29, 0.717) is 22.7 Å². The SMILES string of the molecule is CCn1c2ccccc2c2cc(NC(=O)COc3ccc(C#N)cc3OC)ccc21. The van der Waals surface area contributed by atoms with E-state index in [4.69, 9.17) is 14.7 Å². The first-order valence-electron chi connectivity index (χ1n) is 9.66. The molecule has 0 aliphatic rings. The predicted octanol–water partition coefficient (Wildman–Crippen LogP) is 4.71. The summed E-state index contributed by atoms with van der Waals surface area (Å²) >= 11 is 0. The van der Waals surface area contributed by atoms with Gasteiger partial charge in [-0.3, -0.25) is 4.79 Å². The predicted molar refractivity (Wildman–Crippen MR) is 117 cm³/mol. The van der Waals surface area contributed by atoms with E-state index in [9.17, 15) is 4.79 Å². The molecule has 6 heteroatoms. The molecule has 0 atom stereocenters. The van der Waals surface area contributed by atoms with Gasteiger partial charge in [0.1, 0.15) is 0 Å². The van der Waals surface area contributed by atoms with Gasteiger partial charge in [-0.1, -0.05) is 18.2 Å². The van der Waals surface area contributed by atoms with Gasteiger partial charge < -0.3 is 19.4 Å². The summed E-state index contributed by atoms with van der Waals surface area (Å²) in [6.07, 6.45) is 0. The van der Waals surface area contributed by atoms with Crippen LogP contribution in [0.1, 0.15) is 12.5 Å². The molecule has 0 saturated heterocycles. The number of para-hydroxylation sites is 1. The summed E-state index contributed by atoms with van der Waals surface area (Å²) in [6.45, 7) is 2.82. The van der Waals surface area contributed by atoms with Crippen LogP contribution in [0.15, 0.2) is 60.7 Å². The number of nitrogens with one attached hydrogen (secondary N) is 1. The molecule has 0 unspecified atom stereocenters. The third-order valence-corrected chi connectivity index (χ3v) is 5.02. The Morgan fingerprint density at radius 1 is 1.03 bits per heavy atom. The number of amides is 1. The zero-order chi connectivity index (χ0) is 21.1. The van der Waals surface area contributed by atoms with E-state index in [1.165, 1.54) is 12.6 Å². The summed E-state index contributed by atoms with van der Waals surface area (Å²) in [5.74, 6) is 0.545. The number of hydrogen-bond acceptors (Lipinski definition) is 4. The van der Waals surface area contributed by atoms with Gasteiger partial charge in [-0.15, -0.1) is 0 Å². The summed E-state index contributed by atoms with van der Waals surface area (Å²) in [4.78, 5) is 12.4. The molecule has 4 rings (SSSR count). The lowest BCUT2D eigenvalue weighted by molar-refractivity contribution is -0.118. The molecule has 1 N–H and O–H groups in total. The molecular weight excluding hydrogens is 378 g/mol. The topological polar surface area (TPSA) is 76.3 Å². The van der Waals surface area contributed by atoms with Crippen molar-refractivity contribution in [2.45, 2.75) is 13.5 Å². The minimum atomic E-state index is -0.278. The van der Waals surface area contributed by atoms with Crippen LogP contribution >= 0.6 is 0 Å². The van der Waals surface area contributed by atoms with Crippen molar-refractivity contribution in [3.8, 4) is 17.6 Å². The van der Waals surface area contributed by atoms with Crippen molar-refractivity contribution in [2.24, 2.45) is 0 Å². The Morgan fingerprint density at radius 3 is 2.60 bits per heavy atom. The molecule has 150 valence electrons. The molecule has 0 radical (unpaired) electrons. The Kier molecular flexibility index (Phi) is 5.27. The van der Waals surface area contributed by atoms with Crippen molar-refractivity contribution in [1.29, 1.82) is 5.26 Å². The maximum Gasteiger partial charge on any atom is 0.262 e. The van der Waals surface area contributed by atoms with Gasteiger partial charge in [-0.25, -0.2) is 0 Å². The van der Waals surface area contributed by atoms with E-state index >= 15 is 0 Å². The van der Waals surface area contributed by atoms with Gasteiger partial charge in [0, 0.05) is 40.1 Å². The Bertz CT molecular complexity index is 1280. The largest absolute Gasteiger partial charge is 0.493 e.